The van der Waals surface area contributed by atoms with Gasteiger partial charge in [0.2, 0.25) is 5.91 Å². The Hall–Kier alpha value is -2.78. The number of aryl methyl sites for hydroxylation is 1. The van der Waals surface area contributed by atoms with E-state index < -0.39 is 17.4 Å². The van der Waals surface area contributed by atoms with Crippen molar-refractivity contribution in [3.63, 3.8) is 0 Å². The largest absolute Gasteiger partial charge is 0.365 e. The summed E-state index contributed by atoms with van der Waals surface area (Å²) in [6.45, 7) is 1.91. The molecule has 1 amide bonds. The number of aromatic nitrogens is 4. The molecule has 10 heteroatoms. The molecule has 1 aliphatic rings. The number of hydrogen-bond donors (Lipinski definition) is 1. The van der Waals surface area contributed by atoms with Crippen LogP contribution in [0.25, 0.3) is 15.9 Å². The Morgan fingerprint density at radius 2 is 2.27 bits per heavy atom. The van der Waals surface area contributed by atoms with Crippen LogP contribution in [0.2, 0.25) is 5.02 Å². The minimum atomic E-state index is -0.649. The average Bonchev–Trinajstić information content (AvgIpc) is 3.21. The molecule has 3 aromatic heterocycles. The number of carbonyl (C=O) groups is 1. The van der Waals surface area contributed by atoms with Gasteiger partial charge in [-0.2, -0.15) is 4.98 Å². The maximum Gasteiger partial charge on any atom is 0.365 e. The quantitative estimate of drug-likeness (QED) is 0.521. The summed E-state index contributed by atoms with van der Waals surface area (Å²) in [4.78, 5) is 35.9. The molecule has 5 rings (SSSR count). The fourth-order valence-electron chi connectivity index (χ4n) is 3.92. The number of anilines is 1. The van der Waals surface area contributed by atoms with Crippen LogP contribution in [0.1, 0.15) is 23.8 Å². The Morgan fingerprint density at radius 1 is 1.43 bits per heavy atom. The van der Waals surface area contributed by atoms with E-state index in [1.54, 1.807) is 11.3 Å². The van der Waals surface area contributed by atoms with Crippen molar-refractivity contribution in [2.24, 2.45) is 5.92 Å². The normalized spacial score (nSPS) is 16.2. The first-order valence-electron chi connectivity index (χ1n) is 9.54. The van der Waals surface area contributed by atoms with Crippen molar-refractivity contribution in [2.45, 2.75) is 32.7 Å². The molecule has 7 nitrogen and oxygen atoms in total. The Bertz CT molecular complexity index is 1380. The van der Waals surface area contributed by atoms with E-state index in [0.717, 1.165) is 35.5 Å². The van der Waals surface area contributed by atoms with Crippen LogP contribution < -0.4 is 11.0 Å². The molecule has 1 unspecified atom stereocenters. The van der Waals surface area contributed by atoms with E-state index >= 15 is 0 Å². The molecule has 0 spiro atoms. The zero-order valence-corrected chi connectivity index (χ0v) is 17.6. The number of nitrogens with zero attached hydrogens (tertiary/aromatic N) is 4. The van der Waals surface area contributed by atoms with Gasteiger partial charge in [-0.15, -0.1) is 11.3 Å². The average molecular weight is 446 g/mol. The summed E-state index contributed by atoms with van der Waals surface area (Å²) in [6, 6.07) is 3.96. The van der Waals surface area contributed by atoms with Crippen LogP contribution in [0.5, 0.6) is 0 Å². The topological polar surface area (TPSA) is 81.3 Å². The SMILES string of the molecule is CC1CCc2c(sc3ncn4c(nc(=O)n4CC(=O)Nc4ccc(Cl)cc4F)c23)C1. The molecule has 0 radical (unpaired) electrons. The lowest BCUT2D eigenvalue weighted by molar-refractivity contribution is -0.117. The number of rotatable bonds is 3. The molecule has 154 valence electrons. The van der Waals surface area contributed by atoms with E-state index in [0.29, 0.717) is 11.6 Å². The lowest BCUT2D eigenvalue weighted by Gasteiger charge is -2.17. The summed E-state index contributed by atoms with van der Waals surface area (Å²) in [6.07, 6.45) is 4.52. The predicted molar refractivity (Wildman–Crippen MR) is 114 cm³/mol. The van der Waals surface area contributed by atoms with Crippen molar-refractivity contribution in [3.05, 3.63) is 56.3 Å². The van der Waals surface area contributed by atoms with Gasteiger partial charge in [0.15, 0.2) is 5.65 Å². The van der Waals surface area contributed by atoms with Gasteiger partial charge in [-0.1, -0.05) is 18.5 Å². The minimum Gasteiger partial charge on any atom is -0.322 e. The molecule has 1 aromatic carbocycles. The fraction of sp³-hybridized carbons (Fsp3) is 0.300. The van der Waals surface area contributed by atoms with Gasteiger partial charge >= 0.3 is 5.69 Å². The second-order valence-corrected chi connectivity index (χ2v) is 9.09. The Morgan fingerprint density at radius 3 is 3.07 bits per heavy atom. The first kappa shape index (κ1) is 19.2. The molecule has 0 bridgehead atoms. The van der Waals surface area contributed by atoms with Gasteiger partial charge in [-0.3, -0.25) is 4.79 Å². The summed E-state index contributed by atoms with van der Waals surface area (Å²) in [5.41, 5.74) is 1.14. The zero-order valence-electron chi connectivity index (χ0n) is 16.0. The summed E-state index contributed by atoms with van der Waals surface area (Å²) < 4.78 is 16.7. The maximum absolute atomic E-state index is 14.0. The van der Waals surface area contributed by atoms with Crippen molar-refractivity contribution in [3.8, 4) is 0 Å². The molecule has 1 N–H and O–H groups in total. The third-order valence-electron chi connectivity index (χ3n) is 5.40. The molecule has 1 aliphatic carbocycles. The van der Waals surface area contributed by atoms with Crippen molar-refractivity contribution in [1.82, 2.24) is 19.2 Å². The van der Waals surface area contributed by atoms with Gasteiger partial charge in [0.05, 0.1) is 11.1 Å². The van der Waals surface area contributed by atoms with Crippen LogP contribution in [-0.4, -0.2) is 25.1 Å². The van der Waals surface area contributed by atoms with Gasteiger partial charge in [-0.25, -0.2) is 23.4 Å². The molecule has 0 aliphatic heterocycles. The van der Waals surface area contributed by atoms with E-state index in [9.17, 15) is 14.0 Å². The van der Waals surface area contributed by atoms with E-state index in [2.05, 4.69) is 22.2 Å². The van der Waals surface area contributed by atoms with E-state index in [-0.39, 0.29) is 17.3 Å². The van der Waals surface area contributed by atoms with Crippen LogP contribution in [0, 0.1) is 11.7 Å². The molecular formula is C20H17ClFN5O2S. The summed E-state index contributed by atoms with van der Waals surface area (Å²) >= 11 is 7.38. The molecule has 0 saturated heterocycles. The Labute approximate surface area is 179 Å². The summed E-state index contributed by atoms with van der Waals surface area (Å²) in [5, 5.41) is 3.58. The fourth-order valence-corrected chi connectivity index (χ4v) is 5.42. The lowest BCUT2D eigenvalue weighted by atomic mass is 9.89. The minimum absolute atomic E-state index is 0.00666. The number of amides is 1. The van der Waals surface area contributed by atoms with Gasteiger partial charge in [0, 0.05) is 9.90 Å². The molecule has 1 atom stereocenters. The maximum atomic E-state index is 14.0. The van der Waals surface area contributed by atoms with Crippen LogP contribution >= 0.6 is 22.9 Å². The Balaban J connectivity index is 1.52. The van der Waals surface area contributed by atoms with Crippen molar-refractivity contribution >= 4 is 50.4 Å². The Kier molecular flexibility index (Phi) is 4.59. The van der Waals surface area contributed by atoms with Gasteiger partial charge < -0.3 is 5.32 Å². The highest BCUT2D eigenvalue weighted by Crippen LogP contribution is 2.38. The van der Waals surface area contributed by atoms with Gasteiger partial charge in [-0.05, 0) is 48.9 Å². The smallest absolute Gasteiger partial charge is 0.322 e. The van der Waals surface area contributed by atoms with Gasteiger partial charge in [0.25, 0.3) is 0 Å². The van der Waals surface area contributed by atoms with Crippen molar-refractivity contribution in [2.75, 3.05) is 5.32 Å². The van der Waals surface area contributed by atoms with Crippen molar-refractivity contribution in [1.29, 1.82) is 0 Å². The molecular weight excluding hydrogens is 429 g/mol. The standard InChI is InChI=1S/C20H17ClFN5O2S/c1-10-2-4-12-15(6-10)30-19-17(12)18-25-20(29)26(27(18)9-23-19)8-16(28)24-14-5-3-11(21)7-13(14)22/h3,5,7,9-10H,2,4,6,8H2,1H3,(H,24,28). The van der Waals surface area contributed by atoms with Crippen LogP contribution in [-0.2, 0) is 24.2 Å². The number of hydrogen-bond acceptors (Lipinski definition) is 5. The number of nitrogens with one attached hydrogen (secondary N) is 1. The monoisotopic (exact) mass is 445 g/mol. The van der Waals surface area contributed by atoms with E-state index in [1.807, 2.05) is 0 Å². The highest BCUT2D eigenvalue weighted by Gasteiger charge is 2.24. The number of halogens is 2. The van der Waals surface area contributed by atoms with Gasteiger partial charge in [0.1, 0.15) is 23.5 Å². The third kappa shape index (κ3) is 3.18. The predicted octanol–water partition coefficient (Wildman–Crippen LogP) is 3.66. The molecule has 0 saturated carbocycles. The number of thiophene rings is 1. The van der Waals surface area contributed by atoms with E-state index in [1.165, 1.54) is 38.1 Å². The van der Waals surface area contributed by atoms with E-state index in [4.69, 9.17) is 11.6 Å². The summed E-state index contributed by atoms with van der Waals surface area (Å²) in [7, 11) is 0. The van der Waals surface area contributed by atoms with Crippen LogP contribution in [0.15, 0.2) is 29.3 Å². The molecule has 4 aromatic rings. The van der Waals surface area contributed by atoms with Crippen LogP contribution in [0.3, 0.4) is 0 Å². The van der Waals surface area contributed by atoms with Crippen LogP contribution in [0.4, 0.5) is 10.1 Å². The number of fused-ring (bicyclic) bond motifs is 5. The highest BCUT2D eigenvalue weighted by atomic mass is 35.5. The first-order valence-corrected chi connectivity index (χ1v) is 10.7. The number of carbonyl (C=O) groups excluding carboxylic acids is 1. The lowest BCUT2D eigenvalue weighted by Crippen LogP contribution is -2.28. The summed E-state index contributed by atoms with van der Waals surface area (Å²) in [5.74, 6) is -0.580. The number of benzene rings is 1. The molecule has 0 fully saturated rings. The van der Waals surface area contributed by atoms with Crippen molar-refractivity contribution < 1.29 is 9.18 Å². The second kappa shape index (κ2) is 7.17. The molecule has 30 heavy (non-hydrogen) atoms. The third-order valence-corrected chi connectivity index (χ3v) is 6.80. The molecule has 3 heterocycles. The zero-order chi connectivity index (χ0) is 21.0. The second-order valence-electron chi connectivity index (χ2n) is 7.57. The first-order chi connectivity index (χ1) is 14.4. The highest BCUT2D eigenvalue weighted by molar-refractivity contribution is 7.19.